The van der Waals surface area contributed by atoms with Crippen molar-refractivity contribution >= 4 is 40.7 Å². The number of nitrogens with one attached hydrogen (secondary N) is 2. The second kappa shape index (κ2) is 4.93. The number of rotatable bonds is 4. The second-order valence-electron chi connectivity index (χ2n) is 5.30. The maximum Gasteiger partial charge on any atom is 0.253 e. The van der Waals surface area contributed by atoms with E-state index in [2.05, 4.69) is 10.6 Å². The van der Waals surface area contributed by atoms with Gasteiger partial charge in [-0.25, -0.2) is 0 Å². The van der Waals surface area contributed by atoms with Gasteiger partial charge < -0.3 is 10.6 Å². The summed E-state index contributed by atoms with van der Waals surface area (Å²) in [5.74, 6) is -0.825. The minimum absolute atomic E-state index is 0.165. The van der Waals surface area contributed by atoms with E-state index in [4.69, 9.17) is 23.2 Å². The maximum absolute atomic E-state index is 12.1. The van der Waals surface area contributed by atoms with Gasteiger partial charge in [-0.15, -0.1) is 23.2 Å². The fourth-order valence-corrected chi connectivity index (χ4v) is 2.51. The van der Waals surface area contributed by atoms with Crippen LogP contribution < -0.4 is 10.6 Å². The first-order chi connectivity index (χ1) is 9.47. The molecule has 0 saturated heterocycles. The van der Waals surface area contributed by atoms with E-state index in [9.17, 15) is 9.59 Å². The standard InChI is InChI=1S/C14H14Cl2N2O2/c15-14(16)7-10(14)13(20)18-11-4-2-1-3-9(11)12(19)17-8-5-6-8/h1-4,8,10H,5-7H2,(H,17,19)(H,18,20)/t10-/m1/s1. The van der Waals surface area contributed by atoms with Crippen LogP contribution in [0.4, 0.5) is 5.69 Å². The Balaban J connectivity index is 1.72. The molecule has 0 heterocycles. The van der Waals surface area contributed by atoms with Gasteiger partial charge in [0.25, 0.3) is 5.91 Å². The largest absolute Gasteiger partial charge is 0.349 e. The SMILES string of the molecule is O=C(NC1CC1)c1ccccc1NC(=O)[C@H]1CC1(Cl)Cl. The third-order valence-corrected chi connectivity index (χ3v) is 4.32. The molecule has 2 aliphatic rings. The van der Waals surface area contributed by atoms with Gasteiger partial charge >= 0.3 is 0 Å². The average Bonchev–Trinajstić information content (AvgIpc) is 3.29. The van der Waals surface area contributed by atoms with Crippen LogP contribution in [-0.2, 0) is 4.79 Å². The van der Waals surface area contributed by atoms with Crippen molar-refractivity contribution in [2.24, 2.45) is 5.92 Å². The van der Waals surface area contributed by atoms with Gasteiger partial charge in [0.05, 0.1) is 17.2 Å². The fraction of sp³-hybridized carbons (Fsp3) is 0.429. The van der Waals surface area contributed by atoms with Gasteiger partial charge in [-0.3, -0.25) is 9.59 Å². The van der Waals surface area contributed by atoms with Gasteiger partial charge in [0.15, 0.2) is 0 Å². The lowest BCUT2D eigenvalue weighted by Crippen LogP contribution is -2.27. The maximum atomic E-state index is 12.1. The molecule has 3 rings (SSSR count). The zero-order valence-electron chi connectivity index (χ0n) is 10.7. The van der Waals surface area contributed by atoms with E-state index in [0.29, 0.717) is 17.7 Å². The Morgan fingerprint density at radius 2 is 1.85 bits per heavy atom. The third-order valence-electron chi connectivity index (χ3n) is 3.48. The molecule has 1 atom stereocenters. The van der Waals surface area contributed by atoms with Gasteiger partial charge in [-0.05, 0) is 31.4 Å². The molecule has 106 valence electrons. The first-order valence-corrected chi connectivity index (χ1v) is 7.31. The number of carbonyl (C=O) groups is 2. The van der Waals surface area contributed by atoms with E-state index in [-0.39, 0.29) is 17.9 Å². The summed E-state index contributed by atoms with van der Waals surface area (Å²) in [6.07, 6.45) is 2.48. The summed E-state index contributed by atoms with van der Waals surface area (Å²) < 4.78 is -0.963. The summed E-state index contributed by atoms with van der Waals surface area (Å²) in [6, 6.07) is 7.20. The molecule has 0 radical (unpaired) electrons. The van der Waals surface area contributed by atoms with Crippen LogP contribution >= 0.6 is 23.2 Å². The lowest BCUT2D eigenvalue weighted by atomic mass is 10.1. The molecule has 20 heavy (non-hydrogen) atoms. The number of amides is 2. The Morgan fingerprint density at radius 1 is 1.20 bits per heavy atom. The Kier molecular flexibility index (Phi) is 3.38. The summed E-state index contributed by atoms with van der Waals surface area (Å²) in [4.78, 5) is 24.1. The minimum Gasteiger partial charge on any atom is -0.349 e. The van der Waals surface area contributed by atoms with Crippen LogP contribution in [0.1, 0.15) is 29.6 Å². The zero-order chi connectivity index (χ0) is 14.3. The van der Waals surface area contributed by atoms with Crippen LogP contribution in [0.15, 0.2) is 24.3 Å². The molecule has 1 aromatic carbocycles. The highest BCUT2D eigenvalue weighted by molar-refractivity contribution is 6.52. The van der Waals surface area contributed by atoms with Crippen LogP contribution in [0.5, 0.6) is 0 Å². The summed E-state index contributed by atoms with van der Waals surface area (Å²) in [6.45, 7) is 0. The van der Waals surface area contributed by atoms with Crippen LogP contribution in [-0.4, -0.2) is 22.2 Å². The quantitative estimate of drug-likeness (QED) is 0.840. The van der Waals surface area contributed by atoms with Gasteiger partial charge in [-0.1, -0.05) is 12.1 Å². The van der Waals surface area contributed by atoms with Crippen molar-refractivity contribution in [3.8, 4) is 0 Å². The van der Waals surface area contributed by atoms with E-state index in [1.165, 1.54) is 0 Å². The molecular weight excluding hydrogens is 299 g/mol. The van der Waals surface area contributed by atoms with Crippen LogP contribution in [0, 0.1) is 5.92 Å². The van der Waals surface area contributed by atoms with E-state index in [1.54, 1.807) is 24.3 Å². The molecular formula is C14H14Cl2N2O2. The van der Waals surface area contributed by atoms with Crippen LogP contribution in [0.3, 0.4) is 0 Å². The normalized spacial score (nSPS) is 23.0. The molecule has 0 spiro atoms. The highest BCUT2D eigenvalue weighted by Crippen LogP contribution is 2.53. The second-order valence-corrected chi connectivity index (χ2v) is 6.84. The lowest BCUT2D eigenvalue weighted by Gasteiger charge is -2.11. The minimum atomic E-state index is -0.963. The number of halogens is 2. The third kappa shape index (κ3) is 2.91. The van der Waals surface area contributed by atoms with Crippen molar-refractivity contribution in [3.05, 3.63) is 29.8 Å². The summed E-state index contributed by atoms with van der Waals surface area (Å²) >= 11 is 11.7. The predicted octanol–water partition coefficient (Wildman–Crippen LogP) is 2.71. The number of carbonyl (C=O) groups excluding carboxylic acids is 2. The smallest absolute Gasteiger partial charge is 0.253 e. The molecule has 4 nitrogen and oxygen atoms in total. The van der Waals surface area contributed by atoms with Crippen molar-refractivity contribution in [3.63, 3.8) is 0 Å². The van der Waals surface area contributed by atoms with Crippen molar-refractivity contribution in [1.82, 2.24) is 5.32 Å². The van der Waals surface area contributed by atoms with E-state index in [0.717, 1.165) is 12.8 Å². The van der Waals surface area contributed by atoms with Gasteiger partial charge in [0.2, 0.25) is 5.91 Å². The van der Waals surface area contributed by atoms with Crippen molar-refractivity contribution < 1.29 is 9.59 Å². The molecule has 6 heteroatoms. The van der Waals surface area contributed by atoms with Crippen molar-refractivity contribution in [2.75, 3.05) is 5.32 Å². The Morgan fingerprint density at radius 3 is 2.45 bits per heavy atom. The Hall–Kier alpha value is -1.26. The number of hydrogen-bond donors (Lipinski definition) is 2. The number of benzene rings is 1. The summed E-state index contributed by atoms with van der Waals surface area (Å²) in [7, 11) is 0. The Labute approximate surface area is 126 Å². The number of para-hydroxylation sites is 1. The van der Waals surface area contributed by atoms with Crippen LogP contribution in [0.25, 0.3) is 0 Å². The Bertz CT molecular complexity index is 570. The molecule has 0 unspecified atom stereocenters. The zero-order valence-corrected chi connectivity index (χ0v) is 12.2. The van der Waals surface area contributed by atoms with Gasteiger partial charge in [0, 0.05) is 6.04 Å². The monoisotopic (exact) mass is 312 g/mol. The van der Waals surface area contributed by atoms with Crippen molar-refractivity contribution in [2.45, 2.75) is 29.6 Å². The topological polar surface area (TPSA) is 58.2 Å². The fourth-order valence-electron chi connectivity index (χ4n) is 2.00. The molecule has 2 amide bonds. The van der Waals surface area contributed by atoms with Gasteiger partial charge in [0.1, 0.15) is 4.33 Å². The van der Waals surface area contributed by atoms with E-state index in [1.807, 2.05) is 0 Å². The summed E-state index contributed by atoms with van der Waals surface area (Å²) in [5.41, 5.74) is 0.954. The summed E-state index contributed by atoms with van der Waals surface area (Å²) in [5, 5.41) is 5.64. The number of alkyl halides is 2. The molecule has 2 fully saturated rings. The molecule has 0 bridgehead atoms. The number of hydrogen-bond acceptors (Lipinski definition) is 2. The molecule has 0 aliphatic heterocycles. The molecule has 1 aromatic rings. The molecule has 2 aliphatic carbocycles. The van der Waals surface area contributed by atoms with Crippen LogP contribution in [0.2, 0.25) is 0 Å². The van der Waals surface area contributed by atoms with E-state index >= 15 is 0 Å². The van der Waals surface area contributed by atoms with Gasteiger partial charge in [-0.2, -0.15) is 0 Å². The van der Waals surface area contributed by atoms with E-state index < -0.39 is 10.3 Å². The molecule has 0 aromatic heterocycles. The molecule has 2 N–H and O–H groups in total. The van der Waals surface area contributed by atoms with Crippen molar-refractivity contribution in [1.29, 1.82) is 0 Å². The first-order valence-electron chi connectivity index (χ1n) is 6.56. The highest BCUT2D eigenvalue weighted by Gasteiger charge is 2.56. The predicted molar refractivity (Wildman–Crippen MR) is 78.1 cm³/mol. The number of anilines is 1. The average molecular weight is 313 g/mol. The highest BCUT2D eigenvalue weighted by atomic mass is 35.5. The lowest BCUT2D eigenvalue weighted by molar-refractivity contribution is -0.117. The first kappa shape index (κ1) is 13.7. The molecule has 2 saturated carbocycles.